The number of nitrogens with one attached hydrogen (secondary N) is 2. The Bertz CT molecular complexity index is 249. The minimum atomic E-state index is -1.02. The van der Waals surface area contributed by atoms with Crippen LogP contribution in [0.3, 0.4) is 0 Å². The first-order chi connectivity index (χ1) is 6.93. The summed E-state index contributed by atoms with van der Waals surface area (Å²) in [6.07, 6.45) is 0.338. The molecule has 0 spiro atoms. The lowest BCUT2D eigenvalue weighted by molar-refractivity contribution is -0.132. The average Bonchev–Trinajstić information content (AvgIpc) is 2.10. The summed E-state index contributed by atoms with van der Waals surface area (Å²) in [5, 5.41) is 14.1. The molecule has 0 aromatic carbocycles. The Hall–Kier alpha value is -1.36. The molecule has 86 valence electrons. The third-order valence-corrected chi connectivity index (χ3v) is 1.62. The van der Waals surface area contributed by atoms with Gasteiger partial charge in [0.2, 0.25) is 5.91 Å². The van der Waals surface area contributed by atoms with Crippen molar-refractivity contribution < 1.29 is 14.7 Å². The molecule has 15 heavy (non-hydrogen) atoms. The van der Waals surface area contributed by atoms with Gasteiger partial charge in [-0.25, -0.2) is 4.79 Å². The Morgan fingerprint density at radius 3 is 2.47 bits per heavy atom. The minimum Gasteiger partial charge on any atom is -0.478 e. The van der Waals surface area contributed by atoms with E-state index in [-0.39, 0.29) is 24.1 Å². The van der Waals surface area contributed by atoms with E-state index in [9.17, 15) is 9.59 Å². The van der Waals surface area contributed by atoms with Crippen molar-refractivity contribution in [2.24, 2.45) is 0 Å². The highest BCUT2D eigenvalue weighted by molar-refractivity contribution is 5.86. The Kier molecular flexibility index (Phi) is 6.37. The highest BCUT2D eigenvalue weighted by Crippen LogP contribution is 1.87. The van der Waals surface area contributed by atoms with Gasteiger partial charge >= 0.3 is 5.97 Å². The van der Waals surface area contributed by atoms with E-state index in [4.69, 9.17) is 5.11 Å². The lowest BCUT2D eigenvalue weighted by Gasteiger charge is -2.08. The average molecular weight is 214 g/mol. The summed E-state index contributed by atoms with van der Waals surface area (Å²) in [6, 6.07) is 0.131. The second kappa shape index (κ2) is 7.00. The van der Waals surface area contributed by atoms with Gasteiger partial charge in [-0.3, -0.25) is 4.79 Å². The standard InChI is InChI=1S/C10H18N2O3/c1-7(2)12-9(13)4-5-11-6-8(3)10(14)15/h7,11H,3-6H2,1-2H3,(H,12,13)(H,14,15). The molecule has 0 heterocycles. The van der Waals surface area contributed by atoms with E-state index in [2.05, 4.69) is 17.2 Å². The summed E-state index contributed by atoms with van der Waals surface area (Å²) >= 11 is 0. The first-order valence-electron chi connectivity index (χ1n) is 4.84. The van der Waals surface area contributed by atoms with Crippen LogP contribution < -0.4 is 10.6 Å². The van der Waals surface area contributed by atoms with Crippen molar-refractivity contribution in [1.82, 2.24) is 10.6 Å². The molecule has 0 aromatic heterocycles. The number of hydrogen-bond acceptors (Lipinski definition) is 3. The summed E-state index contributed by atoms with van der Waals surface area (Å²) in [5.74, 6) is -1.06. The van der Waals surface area contributed by atoms with Crippen molar-refractivity contribution >= 4 is 11.9 Å². The van der Waals surface area contributed by atoms with Gasteiger partial charge in [0.15, 0.2) is 0 Å². The summed E-state index contributed by atoms with van der Waals surface area (Å²) in [7, 11) is 0. The van der Waals surface area contributed by atoms with Crippen LogP contribution in [0.25, 0.3) is 0 Å². The predicted molar refractivity (Wildman–Crippen MR) is 57.5 cm³/mol. The predicted octanol–water partition coefficient (Wildman–Crippen LogP) is 0.132. The third-order valence-electron chi connectivity index (χ3n) is 1.62. The number of rotatable bonds is 7. The SMILES string of the molecule is C=C(CNCCC(=O)NC(C)C)C(=O)O. The van der Waals surface area contributed by atoms with Crippen LogP contribution in [0.15, 0.2) is 12.2 Å². The highest BCUT2D eigenvalue weighted by atomic mass is 16.4. The summed E-state index contributed by atoms with van der Waals surface area (Å²) in [4.78, 5) is 21.5. The van der Waals surface area contributed by atoms with Crippen molar-refractivity contribution in [3.8, 4) is 0 Å². The molecule has 3 N–H and O–H groups in total. The fraction of sp³-hybridized carbons (Fsp3) is 0.600. The quantitative estimate of drug-likeness (QED) is 0.416. The van der Waals surface area contributed by atoms with Gasteiger partial charge in [-0.1, -0.05) is 6.58 Å². The van der Waals surface area contributed by atoms with Gasteiger partial charge < -0.3 is 15.7 Å². The molecule has 0 atom stereocenters. The topological polar surface area (TPSA) is 78.4 Å². The van der Waals surface area contributed by atoms with E-state index in [0.29, 0.717) is 13.0 Å². The maximum atomic E-state index is 11.1. The Morgan fingerprint density at radius 2 is 2.00 bits per heavy atom. The van der Waals surface area contributed by atoms with Crippen LogP contribution in [0, 0.1) is 0 Å². The number of aliphatic carboxylic acids is 1. The van der Waals surface area contributed by atoms with E-state index >= 15 is 0 Å². The Labute approximate surface area is 89.6 Å². The summed E-state index contributed by atoms with van der Waals surface area (Å²) in [6.45, 7) is 7.78. The van der Waals surface area contributed by atoms with Crippen LogP contribution in [-0.2, 0) is 9.59 Å². The van der Waals surface area contributed by atoms with Crippen molar-refractivity contribution in [3.63, 3.8) is 0 Å². The van der Waals surface area contributed by atoms with Gasteiger partial charge in [0.25, 0.3) is 0 Å². The minimum absolute atomic E-state index is 0.0431. The van der Waals surface area contributed by atoms with Crippen molar-refractivity contribution in [1.29, 1.82) is 0 Å². The molecule has 0 rings (SSSR count). The third kappa shape index (κ3) is 7.69. The monoisotopic (exact) mass is 214 g/mol. The number of carboxylic acid groups (broad SMARTS) is 1. The first-order valence-corrected chi connectivity index (χ1v) is 4.84. The number of hydrogen-bond donors (Lipinski definition) is 3. The fourth-order valence-corrected chi connectivity index (χ4v) is 0.911. The second-order valence-corrected chi connectivity index (χ2v) is 3.56. The smallest absolute Gasteiger partial charge is 0.332 e. The van der Waals surface area contributed by atoms with E-state index in [1.807, 2.05) is 13.8 Å². The maximum Gasteiger partial charge on any atom is 0.332 e. The molecule has 1 amide bonds. The number of carboxylic acids is 1. The molecular weight excluding hydrogens is 196 g/mol. The van der Waals surface area contributed by atoms with Crippen molar-refractivity contribution in [2.45, 2.75) is 26.3 Å². The van der Waals surface area contributed by atoms with Gasteiger partial charge in [0, 0.05) is 31.1 Å². The van der Waals surface area contributed by atoms with Crippen LogP contribution in [0.1, 0.15) is 20.3 Å². The molecule has 0 unspecified atom stereocenters. The van der Waals surface area contributed by atoms with Crippen LogP contribution in [0.5, 0.6) is 0 Å². The van der Waals surface area contributed by atoms with Gasteiger partial charge in [0.1, 0.15) is 0 Å². The number of carbonyl (C=O) groups excluding carboxylic acids is 1. The molecule has 0 fully saturated rings. The van der Waals surface area contributed by atoms with E-state index in [1.54, 1.807) is 0 Å². The largest absolute Gasteiger partial charge is 0.478 e. The molecule has 0 radical (unpaired) electrons. The lowest BCUT2D eigenvalue weighted by Crippen LogP contribution is -2.33. The van der Waals surface area contributed by atoms with E-state index < -0.39 is 5.97 Å². The fourth-order valence-electron chi connectivity index (χ4n) is 0.911. The highest BCUT2D eigenvalue weighted by Gasteiger charge is 2.04. The van der Waals surface area contributed by atoms with Gasteiger partial charge in [0.05, 0.1) is 0 Å². The number of carbonyl (C=O) groups is 2. The zero-order chi connectivity index (χ0) is 11.8. The van der Waals surface area contributed by atoms with E-state index in [1.165, 1.54) is 0 Å². The second-order valence-electron chi connectivity index (χ2n) is 3.56. The first kappa shape index (κ1) is 13.6. The molecule has 0 bridgehead atoms. The molecular formula is C10H18N2O3. The van der Waals surface area contributed by atoms with Gasteiger partial charge in [-0.05, 0) is 13.8 Å². The zero-order valence-electron chi connectivity index (χ0n) is 9.17. The van der Waals surface area contributed by atoms with Crippen molar-refractivity contribution in [2.75, 3.05) is 13.1 Å². The van der Waals surface area contributed by atoms with Crippen LogP contribution >= 0.6 is 0 Å². The van der Waals surface area contributed by atoms with Crippen molar-refractivity contribution in [3.05, 3.63) is 12.2 Å². The Balaban J connectivity index is 3.50. The van der Waals surface area contributed by atoms with Gasteiger partial charge in [-0.15, -0.1) is 0 Å². The maximum absolute atomic E-state index is 11.1. The molecule has 0 aliphatic rings. The molecule has 5 heteroatoms. The molecule has 0 aliphatic heterocycles. The summed E-state index contributed by atoms with van der Waals surface area (Å²) in [5.41, 5.74) is 0.0965. The van der Waals surface area contributed by atoms with Gasteiger partial charge in [-0.2, -0.15) is 0 Å². The molecule has 0 saturated heterocycles. The lowest BCUT2D eigenvalue weighted by atomic mass is 10.3. The molecule has 5 nitrogen and oxygen atoms in total. The normalized spacial score (nSPS) is 10.1. The van der Waals surface area contributed by atoms with Crippen LogP contribution in [0.4, 0.5) is 0 Å². The van der Waals surface area contributed by atoms with Crippen LogP contribution in [-0.4, -0.2) is 36.1 Å². The Morgan fingerprint density at radius 1 is 1.40 bits per heavy atom. The summed E-state index contributed by atoms with van der Waals surface area (Å²) < 4.78 is 0. The molecule has 0 saturated carbocycles. The molecule has 0 aromatic rings. The van der Waals surface area contributed by atoms with E-state index in [0.717, 1.165) is 0 Å². The molecule has 0 aliphatic carbocycles. The van der Waals surface area contributed by atoms with Crippen LogP contribution in [0.2, 0.25) is 0 Å². The number of amides is 1. The zero-order valence-corrected chi connectivity index (χ0v) is 9.17.